The molecule has 0 N–H and O–H groups in total. The molecule has 0 heterocycles. The molecule has 0 bridgehead atoms. The lowest BCUT2D eigenvalue weighted by atomic mass is 10.1. The summed E-state index contributed by atoms with van der Waals surface area (Å²) >= 11 is 0. The molecule has 1 heteroatoms. The van der Waals surface area contributed by atoms with Crippen LogP contribution in [0.2, 0.25) is 0 Å². The molecule has 0 aromatic rings. The van der Waals surface area contributed by atoms with Gasteiger partial charge in [-0.1, -0.05) is 25.7 Å². The highest BCUT2D eigenvalue weighted by atomic mass is 16.5. The van der Waals surface area contributed by atoms with Crippen LogP contribution in [-0.4, -0.2) is 7.11 Å². The number of hydrogen-bond donors (Lipinski definition) is 0. The third-order valence-electron chi connectivity index (χ3n) is 1.50. The summed E-state index contributed by atoms with van der Waals surface area (Å²) in [6.45, 7) is 7.70. The fourth-order valence-electron chi connectivity index (χ4n) is 0.951. The molecule has 0 atom stereocenters. The fraction of sp³-hybridized carbons (Fsp3) is 0.400. The van der Waals surface area contributed by atoms with Crippen LogP contribution < -0.4 is 0 Å². The van der Waals surface area contributed by atoms with E-state index in [1.165, 1.54) is 5.57 Å². The van der Waals surface area contributed by atoms with E-state index < -0.39 is 0 Å². The Morgan fingerprint density at radius 2 is 2.18 bits per heavy atom. The number of rotatable bonds is 4. The highest BCUT2D eigenvalue weighted by Crippen LogP contribution is 2.13. The van der Waals surface area contributed by atoms with Crippen LogP contribution in [0.25, 0.3) is 0 Å². The van der Waals surface area contributed by atoms with Gasteiger partial charge in [0, 0.05) is 0 Å². The summed E-state index contributed by atoms with van der Waals surface area (Å²) in [7, 11) is 1.68. The third-order valence-corrected chi connectivity index (χ3v) is 1.50. The summed E-state index contributed by atoms with van der Waals surface area (Å²) in [4.78, 5) is 0. The van der Waals surface area contributed by atoms with Crippen molar-refractivity contribution >= 4 is 0 Å². The molecule has 11 heavy (non-hydrogen) atoms. The maximum absolute atomic E-state index is 5.15. The first kappa shape index (κ1) is 10.0. The molecule has 0 aromatic heterocycles. The minimum atomic E-state index is 0.937. The first-order valence-electron chi connectivity index (χ1n) is 3.82. The van der Waals surface area contributed by atoms with Crippen molar-refractivity contribution in [3.05, 3.63) is 36.1 Å². The second-order valence-electron chi connectivity index (χ2n) is 2.14. The summed E-state index contributed by atoms with van der Waals surface area (Å²) in [6.07, 6.45) is 6.68. The van der Waals surface area contributed by atoms with E-state index >= 15 is 0 Å². The molecule has 0 spiro atoms. The molecular formula is C10H16O. The van der Waals surface area contributed by atoms with Crippen LogP contribution in [0.4, 0.5) is 0 Å². The lowest BCUT2D eigenvalue weighted by molar-refractivity contribution is 0.298. The van der Waals surface area contributed by atoms with Crippen molar-refractivity contribution in [2.24, 2.45) is 0 Å². The number of hydrogen-bond acceptors (Lipinski definition) is 1. The summed E-state index contributed by atoms with van der Waals surface area (Å²) in [5.74, 6) is 0.937. The van der Waals surface area contributed by atoms with Gasteiger partial charge in [0.1, 0.15) is 5.76 Å². The SMILES string of the molecule is C=C/C=C(CC)\C(=C/C)OC. The minimum absolute atomic E-state index is 0.937. The van der Waals surface area contributed by atoms with Gasteiger partial charge >= 0.3 is 0 Å². The molecule has 0 aliphatic rings. The third kappa shape index (κ3) is 3.08. The molecule has 0 aliphatic heterocycles. The van der Waals surface area contributed by atoms with Gasteiger partial charge in [0.15, 0.2) is 0 Å². The molecule has 0 rings (SSSR count). The highest BCUT2D eigenvalue weighted by Gasteiger charge is 1.98. The molecule has 0 aromatic carbocycles. The van der Waals surface area contributed by atoms with Crippen molar-refractivity contribution < 1.29 is 4.74 Å². The number of methoxy groups -OCH3 is 1. The van der Waals surface area contributed by atoms with Crippen LogP contribution in [0, 0.1) is 0 Å². The van der Waals surface area contributed by atoms with Gasteiger partial charge in [-0.3, -0.25) is 0 Å². The van der Waals surface area contributed by atoms with Crippen LogP contribution in [0.15, 0.2) is 36.1 Å². The second kappa shape index (κ2) is 5.78. The summed E-state index contributed by atoms with van der Waals surface area (Å²) in [6, 6.07) is 0. The van der Waals surface area contributed by atoms with Crippen molar-refractivity contribution in [1.82, 2.24) is 0 Å². The fourth-order valence-corrected chi connectivity index (χ4v) is 0.951. The maximum Gasteiger partial charge on any atom is 0.117 e. The zero-order valence-electron chi connectivity index (χ0n) is 7.55. The van der Waals surface area contributed by atoms with Gasteiger partial charge in [0.05, 0.1) is 7.11 Å². The van der Waals surface area contributed by atoms with E-state index in [0.717, 1.165) is 12.2 Å². The Kier molecular flexibility index (Phi) is 5.26. The number of ether oxygens (including phenoxy) is 1. The van der Waals surface area contributed by atoms with Crippen LogP contribution in [-0.2, 0) is 4.74 Å². The zero-order chi connectivity index (χ0) is 8.69. The Bertz CT molecular complexity index is 175. The average molecular weight is 152 g/mol. The van der Waals surface area contributed by atoms with E-state index in [9.17, 15) is 0 Å². The number of allylic oxidation sites excluding steroid dienone is 4. The van der Waals surface area contributed by atoms with Crippen molar-refractivity contribution in [3.63, 3.8) is 0 Å². The lowest BCUT2D eigenvalue weighted by Crippen LogP contribution is -1.90. The molecule has 0 amide bonds. The van der Waals surface area contributed by atoms with E-state index in [1.807, 2.05) is 19.1 Å². The quantitative estimate of drug-likeness (QED) is 0.444. The minimum Gasteiger partial charge on any atom is -0.497 e. The molecule has 0 fully saturated rings. The lowest BCUT2D eigenvalue weighted by Gasteiger charge is -2.06. The Hall–Kier alpha value is -0.980. The average Bonchev–Trinajstić information content (AvgIpc) is 2.05. The first-order chi connectivity index (χ1) is 5.29. The van der Waals surface area contributed by atoms with Gasteiger partial charge in [-0.15, -0.1) is 0 Å². The van der Waals surface area contributed by atoms with Crippen molar-refractivity contribution in [3.8, 4) is 0 Å². The Labute approximate surface area is 69.1 Å². The standard InChI is InChI=1S/C10H16O/c1-5-8-9(6-2)10(7-3)11-4/h5,7-8H,1,6H2,2-4H3/b9-8-,10-7+. The zero-order valence-corrected chi connectivity index (χ0v) is 7.55. The first-order valence-corrected chi connectivity index (χ1v) is 3.82. The van der Waals surface area contributed by atoms with Gasteiger partial charge in [0.2, 0.25) is 0 Å². The maximum atomic E-state index is 5.15. The summed E-state index contributed by atoms with van der Waals surface area (Å²) < 4.78 is 5.15. The molecule has 1 nitrogen and oxygen atoms in total. The van der Waals surface area contributed by atoms with Crippen LogP contribution in [0.3, 0.4) is 0 Å². The summed E-state index contributed by atoms with van der Waals surface area (Å²) in [5, 5.41) is 0. The van der Waals surface area contributed by atoms with E-state index in [1.54, 1.807) is 13.2 Å². The Balaban J connectivity index is 4.47. The topological polar surface area (TPSA) is 9.23 Å². The van der Waals surface area contributed by atoms with Gasteiger partial charge in [-0.05, 0) is 25.0 Å². The van der Waals surface area contributed by atoms with Gasteiger partial charge in [-0.25, -0.2) is 0 Å². The predicted molar refractivity (Wildman–Crippen MR) is 49.3 cm³/mol. The van der Waals surface area contributed by atoms with E-state index in [2.05, 4.69) is 13.5 Å². The monoisotopic (exact) mass is 152 g/mol. The smallest absolute Gasteiger partial charge is 0.117 e. The van der Waals surface area contributed by atoms with E-state index in [4.69, 9.17) is 4.74 Å². The predicted octanol–water partition coefficient (Wildman–Crippen LogP) is 3.06. The Morgan fingerprint density at radius 3 is 2.45 bits per heavy atom. The van der Waals surface area contributed by atoms with Crippen molar-refractivity contribution in [2.75, 3.05) is 7.11 Å². The van der Waals surface area contributed by atoms with Gasteiger partial charge in [0.25, 0.3) is 0 Å². The largest absolute Gasteiger partial charge is 0.497 e. The Morgan fingerprint density at radius 1 is 1.55 bits per heavy atom. The van der Waals surface area contributed by atoms with Crippen molar-refractivity contribution in [2.45, 2.75) is 20.3 Å². The second-order valence-corrected chi connectivity index (χ2v) is 2.14. The molecule has 0 unspecified atom stereocenters. The molecule has 0 saturated carbocycles. The van der Waals surface area contributed by atoms with Gasteiger partial charge < -0.3 is 4.74 Å². The molecular weight excluding hydrogens is 136 g/mol. The van der Waals surface area contributed by atoms with Gasteiger partial charge in [-0.2, -0.15) is 0 Å². The highest BCUT2D eigenvalue weighted by molar-refractivity contribution is 5.28. The van der Waals surface area contributed by atoms with Crippen LogP contribution in [0.1, 0.15) is 20.3 Å². The van der Waals surface area contributed by atoms with Crippen molar-refractivity contribution in [1.29, 1.82) is 0 Å². The van der Waals surface area contributed by atoms with E-state index in [-0.39, 0.29) is 0 Å². The molecule has 0 radical (unpaired) electrons. The molecule has 0 aliphatic carbocycles. The normalized spacial score (nSPS) is 13.0. The molecule has 62 valence electrons. The summed E-state index contributed by atoms with van der Waals surface area (Å²) in [5.41, 5.74) is 1.19. The molecule has 0 saturated heterocycles. The van der Waals surface area contributed by atoms with Crippen LogP contribution in [0.5, 0.6) is 0 Å². The van der Waals surface area contributed by atoms with E-state index in [0.29, 0.717) is 0 Å². The van der Waals surface area contributed by atoms with Crippen LogP contribution >= 0.6 is 0 Å².